The quantitative estimate of drug-likeness (QED) is 0.362. The van der Waals surface area contributed by atoms with Gasteiger partial charge in [-0.15, -0.1) is 11.8 Å². The fourth-order valence-corrected chi connectivity index (χ4v) is 2.95. The molecular formula is C23H33N5O2S. The molecule has 0 aromatic heterocycles. The number of hydrogen-bond acceptors (Lipinski definition) is 8. The molecule has 31 heavy (non-hydrogen) atoms. The molecule has 0 radical (unpaired) electrons. The molecule has 2 aromatic carbocycles. The highest BCUT2D eigenvalue weighted by Gasteiger charge is 2.09. The van der Waals surface area contributed by atoms with Crippen LogP contribution in [0.25, 0.3) is 0 Å². The molecule has 3 N–H and O–H groups in total. The summed E-state index contributed by atoms with van der Waals surface area (Å²) in [6.45, 7) is 7.83. The van der Waals surface area contributed by atoms with Crippen molar-refractivity contribution >= 4 is 23.7 Å². The van der Waals surface area contributed by atoms with E-state index in [0.717, 1.165) is 30.3 Å². The highest BCUT2D eigenvalue weighted by molar-refractivity contribution is 7.99. The molecule has 2 aromatic rings. The van der Waals surface area contributed by atoms with Gasteiger partial charge in [0.15, 0.2) is 11.5 Å². The minimum Gasteiger partial charge on any atom is -0.454 e. The number of anilines is 1. The largest absolute Gasteiger partial charge is 0.454 e. The van der Waals surface area contributed by atoms with E-state index >= 15 is 0 Å². The number of hydrogen-bond donors (Lipinski definition) is 3. The first-order valence-electron chi connectivity index (χ1n) is 10.2. The highest BCUT2D eigenvalue weighted by atomic mass is 32.2. The third kappa shape index (κ3) is 11.7. The summed E-state index contributed by atoms with van der Waals surface area (Å²) in [5, 5.41) is 9.96. The van der Waals surface area contributed by atoms with Crippen LogP contribution in [0, 0.1) is 5.53 Å². The van der Waals surface area contributed by atoms with Crippen LogP contribution in [0.4, 0.5) is 5.69 Å². The molecule has 0 aliphatic carbocycles. The van der Waals surface area contributed by atoms with Crippen molar-refractivity contribution in [3.63, 3.8) is 0 Å². The number of hydrazone groups is 1. The number of fused-ring (bicyclic) bond motifs is 2. The van der Waals surface area contributed by atoms with Crippen LogP contribution in [0.5, 0.6) is 11.5 Å². The predicted octanol–water partition coefficient (Wildman–Crippen LogP) is 6.16. The van der Waals surface area contributed by atoms with Crippen molar-refractivity contribution < 1.29 is 9.47 Å². The van der Waals surface area contributed by atoms with Crippen molar-refractivity contribution in [1.82, 2.24) is 5.43 Å². The van der Waals surface area contributed by atoms with E-state index < -0.39 is 0 Å². The summed E-state index contributed by atoms with van der Waals surface area (Å²) < 4.78 is 10.2. The predicted molar refractivity (Wildman–Crippen MR) is 131 cm³/mol. The molecule has 0 bridgehead atoms. The molecule has 3 aliphatic rings. The van der Waals surface area contributed by atoms with E-state index in [2.05, 4.69) is 45.2 Å². The zero-order valence-corrected chi connectivity index (χ0v) is 19.3. The van der Waals surface area contributed by atoms with Gasteiger partial charge < -0.3 is 20.2 Å². The van der Waals surface area contributed by atoms with Crippen molar-refractivity contribution in [3.8, 4) is 11.5 Å². The molecule has 7 nitrogen and oxygen atoms in total. The molecule has 0 unspecified atom stereocenters. The van der Waals surface area contributed by atoms with Gasteiger partial charge in [0, 0.05) is 29.8 Å². The summed E-state index contributed by atoms with van der Waals surface area (Å²) in [6, 6.07) is 16.0. The van der Waals surface area contributed by atoms with Gasteiger partial charge in [0.1, 0.15) is 0 Å². The molecule has 0 amide bonds. The van der Waals surface area contributed by atoms with E-state index in [-0.39, 0.29) is 0 Å². The summed E-state index contributed by atoms with van der Waals surface area (Å²) in [5.41, 5.74) is 10.1. The second-order valence-electron chi connectivity index (χ2n) is 5.96. The average Bonchev–Trinajstić information content (AvgIpc) is 3.62. The first-order valence-corrected chi connectivity index (χ1v) is 11.2. The molecule has 3 heterocycles. The Kier molecular flexibility index (Phi) is 15.0. The number of nitrogens with one attached hydrogen (secondary N) is 3. The Balaban J connectivity index is 0.000000205. The Bertz CT molecular complexity index is 694. The molecule has 0 saturated heterocycles. The Morgan fingerprint density at radius 1 is 1.06 bits per heavy atom. The van der Waals surface area contributed by atoms with Gasteiger partial charge >= 0.3 is 0 Å². The summed E-state index contributed by atoms with van der Waals surface area (Å²) >= 11 is 1.86. The van der Waals surface area contributed by atoms with E-state index in [4.69, 9.17) is 15.0 Å². The van der Waals surface area contributed by atoms with Crippen molar-refractivity contribution in [2.45, 2.75) is 32.1 Å². The monoisotopic (exact) mass is 443 g/mol. The number of ether oxygens (including phenoxy) is 2. The maximum absolute atomic E-state index is 6.08. The van der Waals surface area contributed by atoms with E-state index in [1.807, 2.05) is 75.2 Å². The lowest BCUT2D eigenvalue weighted by molar-refractivity contribution is 0.174. The smallest absolute Gasteiger partial charge is 0.231 e. The fraction of sp³-hybridized carbons (Fsp3) is 0.348. The lowest BCUT2D eigenvalue weighted by Gasteiger charge is -1.92. The van der Waals surface area contributed by atoms with E-state index in [1.165, 1.54) is 10.6 Å². The minimum absolute atomic E-state index is 0.360. The van der Waals surface area contributed by atoms with Crippen molar-refractivity contribution in [2.24, 2.45) is 10.2 Å². The van der Waals surface area contributed by atoms with Gasteiger partial charge in [-0.3, -0.25) is 0 Å². The highest BCUT2D eigenvalue weighted by Crippen LogP contribution is 2.32. The van der Waals surface area contributed by atoms with Gasteiger partial charge in [-0.2, -0.15) is 10.2 Å². The van der Waals surface area contributed by atoms with Crippen LogP contribution < -0.4 is 20.2 Å². The van der Waals surface area contributed by atoms with Crippen LogP contribution in [0.1, 0.15) is 27.2 Å². The Morgan fingerprint density at radius 3 is 2.13 bits per heavy atom. The maximum Gasteiger partial charge on any atom is 0.231 e. The van der Waals surface area contributed by atoms with Gasteiger partial charge in [0.2, 0.25) is 6.79 Å². The molecule has 5 rings (SSSR count). The van der Waals surface area contributed by atoms with Gasteiger partial charge in [-0.25, -0.2) is 5.53 Å². The number of rotatable bonds is 1. The zero-order chi connectivity index (χ0) is 22.6. The minimum atomic E-state index is 0.360. The third-order valence-electron chi connectivity index (χ3n) is 3.71. The fourth-order valence-electron chi connectivity index (χ4n) is 2.10. The second-order valence-corrected chi connectivity index (χ2v) is 6.98. The van der Waals surface area contributed by atoms with Gasteiger partial charge in [-0.1, -0.05) is 36.4 Å². The third-order valence-corrected chi connectivity index (χ3v) is 4.67. The van der Waals surface area contributed by atoms with Crippen LogP contribution in [0.3, 0.4) is 0 Å². The SMILES string of the molecule is C/C=C\C.C1=NNCC1.CCN=N.c1ccc2c(c1)NCS2.c1ccc2c(c1)OCO2. The average molecular weight is 444 g/mol. The first kappa shape index (κ1) is 26.0. The van der Waals surface area contributed by atoms with Crippen LogP contribution in [0.15, 0.2) is 75.8 Å². The van der Waals surface area contributed by atoms with Crippen molar-refractivity contribution in [1.29, 1.82) is 5.53 Å². The lowest BCUT2D eigenvalue weighted by atomic mass is 10.3. The molecule has 0 fully saturated rings. The van der Waals surface area contributed by atoms with Crippen LogP contribution in [-0.2, 0) is 0 Å². The van der Waals surface area contributed by atoms with Crippen molar-refractivity contribution in [3.05, 3.63) is 60.7 Å². The molecule has 0 spiro atoms. The first-order chi connectivity index (χ1) is 15.3. The van der Waals surface area contributed by atoms with Crippen molar-refractivity contribution in [2.75, 3.05) is 31.1 Å². The molecule has 168 valence electrons. The maximum atomic E-state index is 6.08. The summed E-state index contributed by atoms with van der Waals surface area (Å²) in [4.78, 5) is 1.37. The van der Waals surface area contributed by atoms with E-state index in [0.29, 0.717) is 13.3 Å². The topological polar surface area (TPSA) is 91.1 Å². The standard InChI is InChI=1S/C7H7NS.C7H6O2.C4H8.C3H6N2.C2H6N2/c2*1-2-4-7-6(3-1)8-5-9-7;1-3-4-2;1-2-4-5-3-1;1-2-4-3/h1-4,8H,5H2;1-4H,5H2;3-4H,1-2H3;2,5H,1,3H2;3H,2H2,1H3/b;;4-3-;;. The molecule has 8 heteroatoms. The summed E-state index contributed by atoms with van der Waals surface area (Å²) in [5.74, 6) is 2.72. The van der Waals surface area contributed by atoms with Crippen LogP contribution in [0.2, 0.25) is 0 Å². The number of para-hydroxylation sites is 3. The molecule has 0 saturated carbocycles. The summed E-state index contributed by atoms with van der Waals surface area (Å²) in [7, 11) is 0. The summed E-state index contributed by atoms with van der Waals surface area (Å²) in [6.07, 6.45) is 6.97. The second kappa shape index (κ2) is 17.8. The van der Waals surface area contributed by atoms with E-state index in [1.54, 1.807) is 0 Å². The number of benzene rings is 2. The van der Waals surface area contributed by atoms with Gasteiger partial charge in [0.25, 0.3) is 0 Å². The van der Waals surface area contributed by atoms with Crippen LogP contribution in [-0.4, -0.2) is 32.0 Å². The van der Waals surface area contributed by atoms with E-state index in [9.17, 15) is 0 Å². The number of nitrogens with zero attached hydrogens (tertiary/aromatic N) is 2. The molecule has 3 aliphatic heterocycles. The van der Waals surface area contributed by atoms with Gasteiger partial charge in [0.05, 0.1) is 12.4 Å². The number of allylic oxidation sites excluding steroid dienone is 2. The Morgan fingerprint density at radius 2 is 1.68 bits per heavy atom. The number of thioether (sulfide) groups is 1. The molecule has 0 atom stereocenters. The normalized spacial score (nSPS) is 13.4. The van der Waals surface area contributed by atoms with Gasteiger partial charge in [-0.05, 0) is 45.0 Å². The lowest BCUT2D eigenvalue weighted by Crippen LogP contribution is -1.96. The zero-order valence-electron chi connectivity index (χ0n) is 18.5. The van der Waals surface area contributed by atoms with Crippen LogP contribution >= 0.6 is 11.8 Å². The Labute approximate surface area is 189 Å². The molecular weight excluding hydrogens is 410 g/mol. The Hall–Kier alpha value is -3.00.